The zero-order valence-corrected chi connectivity index (χ0v) is 6.20. The van der Waals surface area contributed by atoms with Crippen molar-refractivity contribution >= 4 is 17.7 Å². The molecule has 0 saturated carbocycles. The van der Waals surface area contributed by atoms with Crippen LogP contribution in [0.5, 0.6) is 0 Å². The molecule has 0 saturated heterocycles. The van der Waals surface area contributed by atoms with Gasteiger partial charge in [-0.3, -0.25) is 10.0 Å². The van der Waals surface area contributed by atoms with Gasteiger partial charge in [-0.25, -0.2) is 5.48 Å². The summed E-state index contributed by atoms with van der Waals surface area (Å²) in [6, 6.07) is 0. The molecule has 4 heteroatoms. The Kier molecular flexibility index (Phi) is 5.76. The molecule has 2 N–H and O–H groups in total. The lowest BCUT2D eigenvalue weighted by molar-refractivity contribution is -0.129. The van der Waals surface area contributed by atoms with Gasteiger partial charge >= 0.3 is 0 Å². The van der Waals surface area contributed by atoms with Gasteiger partial charge in [-0.05, 0) is 18.4 Å². The van der Waals surface area contributed by atoms with Crippen molar-refractivity contribution in [2.45, 2.75) is 12.8 Å². The third kappa shape index (κ3) is 5.65. The van der Waals surface area contributed by atoms with Crippen LogP contribution in [0.4, 0.5) is 0 Å². The first kappa shape index (κ1) is 8.78. The standard InChI is InChI=1S/C5H11NO2S/c1-9-4-2-3-5(7)6-8/h8H,2-4H2,1H3,(H,6,7). The van der Waals surface area contributed by atoms with Crippen molar-refractivity contribution in [1.29, 1.82) is 0 Å². The second-order valence-corrected chi connectivity index (χ2v) is 2.62. The third-order valence-electron chi connectivity index (χ3n) is 0.877. The summed E-state index contributed by atoms with van der Waals surface area (Å²) in [6.45, 7) is 0. The zero-order valence-electron chi connectivity index (χ0n) is 5.39. The number of thioether (sulfide) groups is 1. The Hall–Kier alpha value is -0.220. The molecule has 54 valence electrons. The fourth-order valence-corrected chi connectivity index (χ4v) is 0.866. The van der Waals surface area contributed by atoms with Crippen molar-refractivity contribution in [3.05, 3.63) is 0 Å². The number of hydrogen-bond donors (Lipinski definition) is 2. The number of hydroxylamine groups is 1. The van der Waals surface area contributed by atoms with Gasteiger partial charge in [0.25, 0.3) is 0 Å². The van der Waals surface area contributed by atoms with Gasteiger partial charge in [0, 0.05) is 6.42 Å². The van der Waals surface area contributed by atoms with Crippen LogP contribution in [0.1, 0.15) is 12.8 Å². The highest BCUT2D eigenvalue weighted by molar-refractivity contribution is 7.98. The molecule has 9 heavy (non-hydrogen) atoms. The lowest BCUT2D eigenvalue weighted by atomic mass is 10.3. The molecular weight excluding hydrogens is 138 g/mol. The maximum absolute atomic E-state index is 10.3. The predicted octanol–water partition coefficient (Wildman–Crippen LogP) is 0.635. The molecule has 0 unspecified atom stereocenters. The number of carbonyl (C=O) groups is 1. The fourth-order valence-electron chi connectivity index (χ4n) is 0.433. The Balaban J connectivity index is 2.97. The average molecular weight is 149 g/mol. The highest BCUT2D eigenvalue weighted by Crippen LogP contribution is 1.97. The molecular formula is C5H11NO2S. The number of nitrogens with one attached hydrogen (secondary N) is 1. The van der Waals surface area contributed by atoms with Crippen LogP contribution in [-0.4, -0.2) is 23.1 Å². The zero-order chi connectivity index (χ0) is 7.11. The Labute approximate surface area is 58.8 Å². The summed E-state index contributed by atoms with van der Waals surface area (Å²) in [5.74, 6) is 0.664. The topological polar surface area (TPSA) is 49.3 Å². The number of rotatable bonds is 4. The molecule has 0 aromatic rings. The summed E-state index contributed by atoms with van der Waals surface area (Å²) in [6.07, 6.45) is 3.22. The van der Waals surface area contributed by atoms with Gasteiger partial charge in [-0.15, -0.1) is 0 Å². The predicted molar refractivity (Wildman–Crippen MR) is 37.5 cm³/mol. The summed E-state index contributed by atoms with van der Waals surface area (Å²) in [5, 5.41) is 8.03. The Morgan fingerprint density at radius 2 is 2.44 bits per heavy atom. The van der Waals surface area contributed by atoms with Gasteiger partial charge < -0.3 is 0 Å². The minimum atomic E-state index is -0.302. The molecule has 0 aliphatic rings. The average Bonchev–Trinajstić information content (AvgIpc) is 1.89. The first-order chi connectivity index (χ1) is 4.31. The van der Waals surface area contributed by atoms with E-state index in [-0.39, 0.29) is 5.91 Å². The van der Waals surface area contributed by atoms with E-state index in [1.54, 1.807) is 17.2 Å². The largest absolute Gasteiger partial charge is 0.289 e. The van der Waals surface area contributed by atoms with E-state index in [1.165, 1.54) is 0 Å². The summed E-state index contributed by atoms with van der Waals surface area (Å²) in [7, 11) is 0. The summed E-state index contributed by atoms with van der Waals surface area (Å²) < 4.78 is 0. The van der Waals surface area contributed by atoms with Crippen LogP contribution in [0.25, 0.3) is 0 Å². The van der Waals surface area contributed by atoms with E-state index < -0.39 is 0 Å². The second kappa shape index (κ2) is 5.91. The Morgan fingerprint density at radius 1 is 1.78 bits per heavy atom. The summed E-state index contributed by atoms with van der Waals surface area (Å²) >= 11 is 1.69. The van der Waals surface area contributed by atoms with Gasteiger partial charge in [-0.2, -0.15) is 11.8 Å². The highest BCUT2D eigenvalue weighted by atomic mass is 32.2. The van der Waals surface area contributed by atoms with Crippen LogP contribution < -0.4 is 5.48 Å². The number of carbonyl (C=O) groups excluding carboxylic acids is 1. The van der Waals surface area contributed by atoms with Crippen LogP contribution in [0.3, 0.4) is 0 Å². The molecule has 3 nitrogen and oxygen atoms in total. The van der Waals surface area contributed by atoms with Crippen molar-refractivity contribution in [3.63, 3.8) is 0 Å². The molecule has 0 heterocycles. The molecule has 0 spiro atoms. The van der Waals surface area contributed by atoms with E-state index in [2.05, 4.69) is 0 Å². The van der Waals surface area contributed by atoms with Crippen molar-refractivity contribution < 1.29 is 10.0 Å². The van der Waals surface area contributed by atoms with Gasteiger partial charge in [0.05, 0.1) is 0 Å². The molecule has 0 atom stereocenters. The number of amides is 1. The fraction of sp³-hybridized carbons (Fsp3) is 0.800. The molecule has 0 fully saturated rings. The van der Waals surface area contributed by atoms with E-state index in [0.717, 1.165) is 12.2 Å². The molecule has 0 bridgehead atoms. The number of hydrogen-bond acceptors (Lipinski definition) is 3. The van der Waals surface area contributed by atoms with E-state index in [0.29, 0.717) is 6.42 Å². The van der Waals surface area contributed by atoms with Crippen LogP contribution in [0.15, 0.2) is 0 Å². The van der Waals surface area contributed by atoms with Gasteiger partial charge in [0.1, 0.15) is 0 Å². The maximum Gasteiger partial charge on any atom is 0.243 e. The van der Waals surface area contributed by atoms with Crippen LogP contribution in [0.2, 0.25) is 0 Å². The van der Waals surface area contributed by atoms with E-state index in [1.807, 2.05) is 6.26 Å². The van der Waals surface area contributed by atoms with Crippen molar-refractivity contribution in [3.8, 4) is 0 Å². The van der Waals surface area contributed by atoms with E-state index >= 15 is 0 Å². The lowest BCUT2D eigenvalue weighted by Crippen LogP contribution is -2.17. The van der Waals surface area contributed by atoms with Crippen LogP contribution >= 0.6 is 11.8 Å². The lowest BCUT2D eigenvalue weighted by Gasteiger charge is -1.95. The van der Waals surface area contributed by atoms with Crippen molar-refractivity contribution in [2.24, 2.45) is 0 Å². The molecule has 0 rings (SSSR count). The molecule has 0 aliphatic heterocycles. The third-order valence-corrected chi connectivity index (χ3v) is 1.57. The molecule has 0 aromatic carbocycles. The van der Waals surface area contributed by atoms with Gasteiger partial charge in [0.15, 0.2) is 0 Å². The van der Waals surface area contributed by atoms with Crippen LogP contribution in [-0.2, 0) is 4.79 Å². The van der Waals surface area contributed by atoms with Crippen molar-refractivity contribution in [1.82, 2.24) is 5.48 Å². The Morgan fingerprint density at radius 3 is 2.89 bits per heavy atom. The molecule has 1 amide bonds. The van der Waals surface area contributed by atoms with Gasteiger partial charge in [0.2, 0.25) is 5.91 Å². The van der Waals surface area contributed by atoms with E-state index in [4.69, 9.17) is 5.21 Å². The SMILES string of the molecule is CSCCCC(=O)NO. The second-order valence-electron chi connectivity index (χ2n) is 1.63. The molecule has 0 radical (unpaired) electrons. The van der Waals surface area contributed by atoms with Gasteiger partial charge in [-0.1, -0.05) is 0 Å². The maximum atomic E-state index is 10.3. The van der Waals surface area contributed by atoms with Crippen molar-refractivity contribution in [2.75, 3.05) is 12.0 Å². The van der Waals surface area contributed by atoms with Crippen LogP contribution in [0, 0.1) is 0 Å². The minimum absolute atomic E-state index is 0.302. The minimum Gasteiger partial charge on any atom is -0.289 e. The molecule has 0 aliphatic carbocycles. The quantitative estimate of drug-likeness (QED) is 0.350. The normalized spacial score (nSPS) is 9.11. The Bertz CT molecular complexity index is 87.0. The monoisotopic (exact) mass is 149 g/mol. The smallest absolute Gasteiger partial charge is 0.243 e. The first-order valence-corrected chi connectivity index (χ1v) is 4.12. The molecule has 0 aromatic heterocycles. The highest BCUT2D eigenvalue weighted by Gasteiger charge is 1.95. The summed E-state index contributed by atoms with van der Waals surface area (Å²) in [5.41, 5.74) is 1.58. The first-order valence-electron chi connectivity index (χ1n) is 2.73. The summed E-state index contributed by atoms with van der Waals surface area (Å²) in [4.78, 5) is 10.3. The van der Waals surface area contributed by atoms with E-state index in [9.17, 15) is 4.79 Å².